The van der Waals surface area contributed by atoms with Crippen molar-refractivity contribution in [3.63, 3.8) is 0 Å². The lowest BCUT2D eigenvalue weighted by Gasteiger charge is -2.27. The predicted octanol–water partition coefficient (Wildman–Crippen LogP) is 2.59. The third-order valence-electron chi connectivity index (χ3n) is 5.44. The topological polar surface area (TPSA) is 114 Å². The number of hydrogen-bond donors (Lipinski definition) is 2. The number of alkyl halides is 3. The molecule has 0 bridgehead atoms. The molecule has 2 atom stereocenters. The molecule has 1 aromatic heterocycles. The van der Waals surface area contributed by atoms with Crippen molar-refractivity contribution in [1.29, 1.82) is 0 Å². The van der Waals surface area contributed by atoms with Gasteiger partial charge in [-0.2, -0.15) is 8.78 Å². The SMILES string of the molecule is C[N+](C)(C)CCCC(=O)O[C@H](c1ccc(-c2ccc(CNS(C)(=O)=O)nc2)cc1)[C@@H](CF)NC(=O)C(F)F. The van der Waals surface area contributed by atoms with E-state index in [-0.39, 0.29) is 13.0 Å². The second-order valence-corrected chi connectivity index (χ2v) is 11.7. The third-order valence-corrected chi connectivity index (χ3v) is 6.11. The molecule has 0 spiro atoms. The van der Waals surface area contributed by atoms with Gasteiger partial charge in [-0.25, -0.2) is 17.5 Å². The molecule has 13 heteroatoms. The number of nitrogens with zero attached hydrogens (tertiary/aromatic N) is 2. The first-order valence-electron chi connectivity index (χ1n) is 11.8. The van der Waals surface area contributed by atoms with Gasteiger partial charge < -0.3 is 14.5 Å². The standard InChI is InChI=1S/C25H33F3N4O5S/c1-32(2,3)13-5-6-22(33)37-23(21(14-26)31-25(34)24(27)28)18-9-7-17(8-10-18)19-11-12-20(29-15-19)16-30-38(4,35)36/h7-12,15,21,23-24,30H,5-6,13-14,16H2,1-4H3/p+1/t21-,23-/m1/s1. The van der Waals surface area contributed by atoms with Gasteiger partial charge in [0.2, 0.25) is 10.0 Å². The second kappa shape index (κ2) is 13.7. The Morgan fingerprint density at radius 1 is 1.05 bits per heavy atom. The number of sulfonamides is 1. The van der Waals surface area contributed by atoms with Gasteiger partial charge in [-0.1, -0.05) is 30.3 Å². The summed E-state index contributed by atoms with van der Waals surface area (Å²) in [6.07, 6.45) is -1.54. The highest BCUT2D eigenvalue weighted by atomic mass is 32.2. The molecule has 0 radical (unpaired) electrons. The number of esters is 1. The normalized spacial score (nSPS) is 13.7. The highest BCUT2D eigenvalue weighted by Crippen LogP contribution is 2.27. The Labute approximate surface area is 221 Å². The van der Waals surface area contributed by atoms with Gasteiger partial charge >= 0.3 is 12.4 Å². The summed E-state index contributed by atoms with van der Waals surface area (Å²) in [6.45, 7) is -0.515. The minimum absolute atomic E-state index is 0.0365. The highest BCUT2D eigenvalue weighted by Gasteiger charge is 2.31. The van der Waals surface area contributed by atoms with Gasteiger partial charge in [0.05, 0.1) is 58.6 Å². The summed E-state index contributed by atoms with van der Waals surface area (Å²) in [5.41, 5.74) is 2.22. The van der Waals surface area contributed by atoms with Crippen LogP contribution in [-0.2, 0) is 30.9 Å². The van der Waals surface area contributed by atoms with E-state index in [0.717, 1.165) is 6.26 Å². The molecule has 0 aliphatic heterocycles. The maximum atomic E-state index is 13.9. The van der Waals surface area contributed by atoms with Crippen LogP contribution < -0.4 is 10.0 Å². The van der Waals surface area contributed by atoms with E-state index in [1.165, 1.54) is 0 Å². The van der Waals surface area contributed by atoms with E-state index < -0.39 is 47.1 Å². The number of benzene rings is 1. The number of hydrogen-bond acceptors (Lipinski definition) is 6. The highest BCUT2D eigenvalue weighted by molar-refractivity contribution is 7.88. The smallest absolute Gasteiger partial charge is 0.315 e. The van der Waals surface area contributed by atoms with Crippen molar-refractivity contribution in [3.05, 3.63) is 53.9 Å². The number of rotatable bonds is 14. The molecule has 0 aliphatic carbocycles. The van der Waals surface area contributed by atoms with Crippen molar-refractivity contribution in [2.75, 3.05) is 40.6 Å². The summed E-state index contributed by atoms with van der Waals surface area (Å²) >= 11 is 0. The van der Waals surface area contributed by atoms with Gasteiger partial charge in [-0.05, 0) is 17.2 Å². The Hall–Kier alpha value is -3.03. The van der Waals surface area contributed by atoms with Gasteiger partial charge in [0.25, 0.3) is 5.91 Å². The maximum Gasteiger partial charge on any atom is 0.315 e. The summed E-state index contributed by atoms with van der Waals surface area (Å²) in [7, 11) is 2.53. The largest absolute Gasteiger partial charge is 0.455 e. The van der Waals surface area contributed by atoms with Crippen molar-refractivity contribution in [1.82, 2.24) is 15.0 Å². The van der Waals surface area contributed by atoms with E-state index >= 15 is 0 Å². The molecule has 0 unspecified atom stereocenters. The number of ether oxygens (including phenoxy) is 1. The number of carbonyl (C=O) groups excluding carboxylic acids is 2. The van der Waals surface area contributed by atoms with Crippen LogP contribution in [0, 0.1) is 0 Å². The molecule has 0 saturated carbocycles. The minimum atomic E-state index is -3.36. The Kier molecular flexibility index (Phi) is 11.2. The summed E-state index contributed by atoms with van der Waals surface area (Å²) in [5, 5.41) is 1.92. The molecule has 0 saturated heterocycles. The van der Waals surface area contributed by atoms with Crippen LogP contribution in [0.25, 0.3) is 11.1 Å². The number of amides is 1. The molecule has 0 fully saturated rings. The van der Waals surface area contributed by atoms with E-state index in [1.807, 2.05) is 26.5 Å². The van der Waals surface area contributed by atoms with Gasteiger partial charge in [0, 0.05) is 18.2 Å². The molecular weight excluding hydrogens is 525 g/mol. The quantitative estimate of drug-likeness (QED) is 0.272. The van der Waals surface area contributed by atoms with Crippen LogP contribution in [0.15, 0.2) is 42.6 Å². The first-order valence-corrected chi connectivity index (χ1v) is 13.7. The first kappa shape index (κ1) is 31.2. The Balaban J connectivity index is 2.22. The van der Waals surface area contributed by atoms with E-state index in [4.69, 9.17) is 4.74 Å². The summed E-state index contributed by atoms with van der Waals surface area (Å²) in [4.78, 5) is 28.3. The van der Waals surface area contributed by atoms with Crippen molar-refractivity contribution in [2.24, 2.45) is 0 Å². The van der Waals surface area contributed by atoms with Crippen LogP contribution in [0.5, 0.6) is 0 Å². The second-order valence-electron chi connectivity index (χ2n) is 9.85. The monoisotopic (exact) mass is 559 g/mol. The Bertz CT molecular complexity index is 1170. The van der Waals surface area contributed by atoms with Crippen LogP contribution in [0.1, 0.15) is 30.2 Å². The number of halogens is 3. The van der Waals surface area contributed by atoms with Gasteiger partial charge in [0.15, 0.2) is 0 Å². The van der Waals surface area contributed by atoms with Crippen molar-refractivity contribution < 1.29 is 40.4 Å². The number of carbonyl (C=O) groups is 2. The molecular formula is C25H34F3N4O5S+. The Morgan fingerprint density at radius 3 is 2.18 bits per heavy atom. The van der Waals surface area contributed by atoms with Crippen molar-refractivity contribution in [3.8, 4) is 11.1 Å². The van der Waals surface area contributed by atoms with Gasteiger partial charge in [-0.15, -0.1) is 0 Å². The van der Waals surface area contributed by atoms with E-state index in [2.05, 4.69) is 9.71 Å². The van der Waals surface area contributed by atoms with E-state index in [0.29, 0.717) is 39.8 Å². The third kappa shape index (κ3) is 10.8. The lowest BCUT2D eigenvalue weighted by molar-refractivity contribution is -0.870. The molecule has 38 heavy (non-hydrogen) atoms. The van der Waals surface area contributed by atoms with E-state index in [1.54, 1.807) is 42.6 Å². The maximum absolute atomic E-state index is 13.9. The number of quaternary nitrogens is 1. The van der Waals surface area contributed by atoms with Crippen LogP contribution in [0.3, 0.4) is 0 Å². The number of pyridine rings is 1. The van der Waals surface area contributed by atoms with Crippen LogP contribution in [-0.4, -0.2) is 82.8 Å². The lowest BCUT2D eigenvalue weighted by atomic mass is 9.99. The number of nitrogens with one attached hydrogen (secondary N) is 2. The molecule has 1 heterocycles. The van der Waals surface area contributed by atoms with Gasteiger partial charge in [0.1, 0.15) is 12.8 Å². The van der Waals surface area contributed by atoms with Crippen LogP contribution in [0.4, 0.5) is 13.2 Å². The fraction of sp³-hybridized carbons (Fsp3) is 0.480. The fourth-order valence-corrected chi connectivity index (χ4v) is 3.90. The Morgan fingerprint density at radius 2 is 1.68 bits per heavy atom. The van der Waals surface area contributed by atoms with Gasteiger partial charge in [-0.3, -0.25) is 14.6 Å². The molecule has 2 rings (SSSR count). The molecule has 2 N–H and O–H groups in total. The van der Waals surface area contributed by atoms with Crippen molar-refractivity contribution >= 4 is 21.9 Å². The summed E-state index contributed by atoms with van der Waals surface area (Å²) < 4.78 is 70.5. The average molecular weight is 560 g/mol. The summed E-state index contributed by atoms with van der Waals surface area (Å²) in [5.74, 6) is -2.30. The van der Waals surface area contributed by atoms with E-state index in [9.17, 15) is 31.2 Å². The molecule has 2 aromatic rings. The molecule has 1 aromatic carbocycles. The lowest BCUT2D eigenvalue weighted by Crippen LogP contribution is -2.45. The first-order chi connectivity index (χ1) is 17.7. The fourth-order valence-electron chi connectivity index (χ4n) is 3.49. The van der Waals surface area contributed by atoms with Crippen LogP contribution in [0.2, 0.25) is 0 Å². The minimum Gasteiger partial charge on any atom is -0.455 e. The average Bonchev–Trinajstić information content (AvgIpc) is 2.84. The molecule has 210 valence electrons. The number of aromatic nitrogens is 1. The zero-order chi connectivity index (χ0) is 28.5. The van der Waals surface area contributed by atoms with Crippen LogP contribution >= 0.6 is 0 Å². The predicted molar refractivity (Wildman–Crippen MR) is 136 cm³/mol. The molecule has 1 amide bonds. The zero-order valence-electron chi connectivity index (χ0n) is 21.8. The molecule has 9 nitrogen and oxygen atoms in total. The zero-order valence-corrected chi connectivity index (χ0v) is 22.6. The van der Waals surface area contributed by atoms with Crippen molar-refractivity contribution in [2.45, 2.75) is 38.0 Å². The molecule has 0 aliphatic rings. The summed E-state index contributed by atoms with van der Waals surface area (Å²) in [6, 6.07) is 8.30.